The summed E-state index contributed by atoms with van der Waals surface area (Å²) in [5, 5.41) is 11.0. The molecule has 1 fully saturated rings. The number of ether oxygens (including phenoxy) is 2. The number of carbonyl (C=O) groups excluding carboxylic acids is 2. The second kappa shape index (κ2) is 5.74. The highest BCUT2D eigenvalue weighted by Crippen LogP contribution is 2.23. The minimum atomic E-state index is -5.05. The van der Waals surface area contributed by atoms with Crippen molar-refractivity contribution in [1.82, 2.24) is 5.32 Å². The van der Waals surface area contributed by atoms with E-state index in [4.69, 9.17) is 9.47 Å². The van der Waals surface area contributed by atoms with E-state index in [0.717, 1.165) is 6.92 Å². The molecular weight excluding hydrogens is 271 g/mol. The van der Waals surface area contributed by atoms with Gasteiger partial charge in [0.1, 0.15) is 6.10 Å². The number of rotatable bonds is 2. The molecule has 0 aromatic carbocycles. The van der Waals surface area contributed by atoms with E-state index in [2.05, 4.69) is 0 Å². The monoisotopic (exact) mass is 285 g/mol. The normalized spacial score (nSPS) is 31.7. The van der Waals surface area contributed by atoms with Gasteiger partial charge < -0.3 is 19.9 Å². The third kappa shape index (κ3) is 4.35. The summed E-state index contributed by atoms with van der Waals surface area (Å²) in [6, 6.07) is -1.17. The highest BCUT2D eigenvalue weighted by atomic mass is 19.4. The molecule has 0 aromatic heterocycles. The second-order valence-corrected chi connectivity index (χ2v) is 4.18. The van der Waals surface area contributed by atoms with E-state index in [1.54, 1.807) is 5.32 Å². The summed E-state index contributed by atoms with van der Waals surface area (Å²) in [4.78, 5) is 21.8. The van der Waals surface area contributed by atoms with Gasteiger partial charge in [-0.3, -0.25) is 9.59 Å². The van der Waals surface area contributed by atoms with E-state index >= 15 is 0 Å². The highest BCUT2D eigenvalue weighted by molar-refractivity contribution is 5.82. The van der Waals surface area contributed by atoms with Gasteiger partial charge in [0.25, 0.3) is 0 Å². The summed E-state index contributed by atoms with van der Waals surface area (Å²) >= 11 is 0. The standard InChI is InChI=1S/C10H14F3NO5/c1-4-8(19-5(2)15)6(3-7(16)18-4)14-9(17)10(11,12)13/h4,6-8,16H,3H2,1-2H3,(H,14,17)/t4-,6-,7-,8+/m1/s1. The van der Waals surface area contributed by atoms with Crippen molar-refractivity contribution in [3.63, 3.8) is 0 Å². The molecule has 0 spiro atoms. The van der Waals surface area contributed by atoms with Crippen LogP contribution in [0.15, 0.2) is 0 Å². The number of hydrogen-bond donors (Lipinski definition) is 2. The van der Waals surface area contributed by atoms with Crippen molar-refractivity contribution < 1.29 is 37.3 Å². The average Bonchev–Trinajstić information content (AvgIpc) is 2.21. The fraction of sp³-hybridized carbons (Fsp3) is 0.800. The Labute approximate surface area is 106 Å². The van der Waals surface area contributed by atoms with Crippen LogP contribution in [0.4, 0.5) is 13.2 Å². The molecule has 1 heterocycles. The third-order valence-electron chi connectivity index (χ3n) is 2.56. The summed E-state index contributed by atoms with van der Waals surface area (Å²) in [5.74, 6) is -2.88. The Morgan fingerprint density at radius 2 is 2.00 bits per heavy atom. The van der Waals surface area contributed by atoms with Crippen molar-refractivity contribution in [2.45, 2.75) is 51.0 Å². The molecule has 1 rings (SSSR count). The maximum atomic E-state index is 12.2. The summed E-state index contributed by atoms with van der Waals surface area (Å²) in [5.41, 5.74) is 0. The van der Waals surface area contributed by atoms with Crippen molar-refractivity contribution in [2.75, 3.05) is 0 Å². The van der Waals surface area contributed by atoms with Gasteiger partial charge in [-0.05, 0) is 6.92 Å². The van der Waals surface area contributed by atoms with E-state index in [-0.39, 0.29) is 6.42 Å². The lowest BCUT2D eigenvalue weighted by Crippen LogP contribution is -2.58. The Hall–Kier alpha value is -1.35. The minimum Gasteiger partial charge on any atom is -0.458 e. The van der Waals surface area contributed by atoms with Crippen LogP contribution in [0.2, 0.25) is 0 Å². The Kier molecular flexibility index (Phi) is 4.75. The van der Waals surface area contributed by atoms with Crippen LogP contribution in [0.3, 0.4) is 0 Å². The summed E-state index contributed by atoms with van der Waals surface area (Å²) in [7, 11) is 0. The molecule has 19 heavy (non-hydrogen) atoms. The Morgan fingerprint density at radius 3 is 2.47 bits per heavy atom. The maximum Gasteiger partial charge on any atom is 0.471 e. The lowest BCUT2D eigenvalue weighted by atomic mass is 9.99. The van der Waals surface area contributed by atoms with Crippen LogP contribution in [0, 0.1) is 0 Å². The van der Waals surface area contributed by atoms with Crippen molar-refractivity contribution >= 4 is 11.9 Å². The molecule has 0 radical (unpaired) electrons. The van der Waals surface area contributed by atoms with Crippen LogP contribution >= 0.6 is 0 Å². The molecule has 2 N–H and O–H groups in total. The predicted octanol–water partition coefficient (Wildman–Crippen LogP) is 0.0924. The number of alkyl halides is 3. The molecule has 0 unspecified atom stereocenters. The molecule has 0 bridgehead atoms. The average molecular weight is 285 g/mol. The van der Waals surface area contributed by atoms with Gasteiger partial charge in [-0.2, -0.15) is 13.2 Å². The van der Waals surface area contributed by atoms with Gasteiger partial charge in [0.2, 0.25) is 0 Å². The largest absolute Gasteiger partial charge is 0.471 e. The highest BCUT2D eigenvalue weighted by Gasteiger charge is 2.45. The zero-order valence-corrected chi connectivity index (χ0v) is 10.2. The number of aliphatic hydroxyl groups is 1. The zero-order valence-electron chi connectivity index (χ0n) is 10.2. The summed E-state index contributed by atoms with van der Waals surface area (Å²) < 4.78 is 46.3. The first-order valence-corrected chi connectivity index (χ1v) is 5.49. The molecule has 0 aliphatic carbocycles. The molecule has 4 atom stereocenters. The fourth-order valence-corrected chi connectivity index (χ4v) is 1.82. The lowest BCUT2D eigenvalue weighted by Gasteiger charge is -2.38. The number of aliphatic hydroxyl groups excluding tert-OH is 1. The van der Waals surface area contributed by atoms with Gasteiger partial charge in [-0.25, -0.2) is 0 Å². The minimum absolute atomic E-state index is 0.301. The Morgan fingerprint density at radius 1 is 1.42 bits per heavy atom. The molecule has 0 aromatic rings. The van der Waals surface area contributed by atoms with Gasteiger partial charge in [0.05, 0.1) is 12.1 Å². The van der Waals surface area contributed by atoms with E-state index < -0.39 is 42.6 Å². The van der Waals surface area contributed by atoms with E-state index in [1.165, 1.54) is 6.92 Å². The topological polar surface area (TPSA) is 84.9 Å². The second-order valence-electron chi connectivity index (χ2n) is 4.18. The van der Waals surface area contributed by atoms with Crippen molar-refractivity contribution in [3.05, 3.63) is 0 Å². The van der Waals surface area contributed by atoms with Crippen LogP contribution in [-0.4, -0.2) is 47.7 Å². The Bertz CT molecular complexity index is 360. The number of nitrogens with one attached hydrogen (secondary N) is 1. The van der Waals surface area contributed by atoms with Gasteiger partial charge >= 0.3 is 18.1 Å². The zero-order chi connectivity index (χ0) is 14.8. The number of hydrogen-bond acceptors (Lipinski definition) is 5. The van der Waals surface area contributed by atoms with Gasteiger partial charge in [0, 0.05) is 13.3 Å². The predicted molar refractivity (Wildman–Crippen MR) is 54.7 cm³/mol. The van der Waals surface area contributed by atoms with E-state index in [0.29, 0.717) is 0 Å². The maximum absolute atomic E-state index is 12.2. The van der Waals surface area contributed by atoms with Gasteiger partial charge in [0.15, 0.2) is 6.29 Å². The quantitative estimate of drug-likeness (QED) is 0.703. The van der Waals surface area contributed by atoms with Crippen LogP contribution in [0.25, 0.3) is 0 Å². The molecule has 1 aliphatic rings. The molecule has 1 aliphatic heterocycles. The summed E-state index contributed by atoms with van der Waals surface area (Å²) in [6.45, 7) is 2.50. The van der Waals surface area contributed by atoms with Crippen molar-refractivity contribution in [1.29, 1.82) is 0 Å². The van der Waals surface area contributed by atoms with Crippen molar-refractivity contribution in [2.24, 2.45) is 0 Å². The van der Waals surface area contributed by atoms with Crippen LogP contribution in [0.5, 0.6) is 0 Å². The van der Waals surface area contributed by atoms with E-state index in [9.17, 15) is 27.9 Å². The first-order valence-electron chi connectivity index (χ1n) is 5.49. The Balaban J connectivity index is 2.79. The SMILES string of the molecule is CC(=O)O[C@@H]1[C@H](NC(=O)C(F)(F)F)C[C@H](O)O[C@@H]1C. The summed E-state index contributed by atoms with van der Waals surface area (Å²) in [6.07, 6.45) is -8.61. The smallest absolute Gasteiger partial charge is 0.458 e. The lowest BCUT2D eigenvalue weighted by molar-refractivity contribution is -0.217. The molecule has 9 heteroatoms. The van der Waals surface area contributed by atoms with Crippen LogP contribution < -0.4 is 5.32 Å². The molecule has 1 amide bonds. The van der Waals surface area contributed by atoms with Gasteiger partial charge in [-0.15, -0.1) is 0 Å². The van der Waals surface area contributed by atoms with Crippen LogP contribution in [-0.2, 0) is 19.1 Å². The molecule has 6 nitrogen and oxygen atoms in total. The molecular formula is C10H14F3NO5. The molecule has 1 saturated heterocycles. The number of amides is 1. The van der Waals surface area contributed by atoms with E-state index in [1.807, 2.05) is 0 Å². The molecule has 0 saturated carbocycles. The fourth-order valence-electron chi connectivity index (χ4n) is 1.82. The number of esters is 1. The first-order chi connectivity index (χ1) is 8.61. The van der Waals surface area contributed by atoms with Crippen LogP contribution in [0.1, 0.15) is 20.3 Å². The van der Waals surface area contributed by atoms with Gasteiger partial charge in [-0.1, -0.05) is 0 Å². The number of carbonyl (C=O) groups is 2. The molecule has 110 valence electrons. The van der Waals surface area contributed by atoms with Crippen molar-refractivity contribution in [3.8, 4) is 0 Å². The third-order valence-corrected chi connectivity index (χ3v) is 2.56. The first kappa shape index (κ1) is 15.7. The number of halogens is 3.